The van der Waals surface area contributed by atoms with Crippen LogP contribution in [0.5, 0.6) is 0 Å². The van der Waals surface area contributed by atoms with Gasteiger partial charge in [-0.05, 0) is 36.8 Å². The molecule has 2 aromatic carbocycles. The molecule has 5 nitrogen and oxygen atoms in total. The number of imide groups is 1. The molecule has 1 unspecified atom stereocenters. The lowest BCUT2D eigenvalue weighted by Gasteiger charge is -2.28. The van der Waals surface area contributed by atoms with Crippen molar-refractivity contribution in [1.29, 1.82) is 5.26 Å². The molecule has 0 aromatic heterocycles. The molecule has 1 fully saturated rings. The molecule has 1 aliphatic heterocycles. The molecular weight excluding hydrogens is 359 g/mol. The van der Waals surface area contributed by atoms with Crippen molar-refractivity contribution in [3.05, 3.63) is 65.2 Å². The number of rotatable bonds is 2. The minimum absolute atomic E-state index is 0.241. The lowest BCUT2D eigenvalue weighted by atomic mass is 9.90. The largest absolute Gasteiger partial charge is 0.417 e. The molecule has 0 aliphatic carbocycles. The number of carbonyl (C=O) groups is 2. The van der Waals surface area contributed by atoms with Crippen LogP contribution in [0.3, 0.4) is 0 Å². The van der Waals surface area contributed by atoms with Crippen LogP contribution in [0, 0.1) is 17.4 Å². The number of benzene rings is 2. The Morgan fingerprint density at radius 1 is 1.15 bits per heavy atom. The summed E-state index contributed by atoms with van der Waals surface area (Å²) in [4.78, 5) is 27.6. The van der Waals surface area contributed by atoms with E-state index in [-0.39, 0.29) is 5.69 Å². The molecule has 1 saturated heterocycles. The van der Waals surface area contributed by atoms with Gasteiger partial charge in [0.25, 0.3) is 5.91 Å². The van der Waals surface area contributed by atoms with Crippen molar-refractivity contribution >= 4 is 17.6 Å². The average Bonchev–Trinajstić information content (AvgIpc) is 2.82. The summed E-state index contributed by atoms with van der Waals surface area (Å²) in [5.74, 6) is -0.681. The van der Waals surface area contributed by atoms with E-state index >= 15 is 0 Å². The standard InChI is InChI=1S/C19H13F3N3O2/c1-18(13-6-4-3-5-7-13)16(26)25(17(27)24(18)2)14-9-8-12(11-23)15(10-14)19(20,21)22/h4-10H,1-2H3. The Bertz CT molecular complexity index is 966. The van der Waals surface area contributed by atoms with Crippen LogP contribution in [-0.4, -0.2) is 23.9 Å². The third-order valence-corrected chi connectivity index (χ3v) is 4.74. The highest BCUT2D eigenvalue weighted by molar-refractivity contribution is 6.23. The van der Waals surface area contributed by atoms with Gasteiger partial charge in [-0.3, -0.25) is 4.79 Å². The fourth-order valence-electron chi connectivity index (χ4n) is 3.05. The van der Waals surface area contributed by atoms with Gasteiger partial charge in [0.2, 0.25) is 0 Å². The Balaban J connectivity index is 2.13. The summed E-state index contributed by atoms with van der Waals surface area (Å²) in [5.41, 5.74) is -2.89. The number of urea groups is 1. The van der Waals surface area contributed by atoms with E-state index in [1.807, 2.05) is 0 Å². The highest BCUT2D eigenvalue weighted by Gasteiger charge is 2.54. The first-order chi connectivity index (χ1) is 12.6. The third kappa shape index (κ3) is 2.72. The number of halogens is 3. The summed E-state index contributed by atoms with van der Waals surface area (Å²) < 4.78 is 39.7. The van der Waals surface area contributed by atoms with Crippen LogP contribution in [0.1, 0.15) is 23.6 Å². The number of hydrogen-bond acceptors (Lipinski definition) is 3. The first-order valence-corrected chi connectivity index (χ1v) is 7.82. The number of alkyl halides is 3. The number of carbonyl (C=O) groups excluding carboxylic acids is 2. The number of nitrogens with zero attached hydrogens (tertiary/aromatic N) is 3. The second-order valence-electron chi connectivity index (χ2n) is 6.18. The monoisotopic (exact) mass is 372 g/mol. The summed E-state index contributed by atoms with van der Waals surface area (Å²) in [5, 5.41) is 8.91. The molecule has 0 saturated carbocycles. The van der Waals surface area contributed by atoms with Crippen LogP contribution in [0.25, 0.3) is 0 Å². The molecule has 1 aliphatic rings. The van der Waals surface area contributed by atoms with E-state index in [2.05, 4.69) is 6.07 Å². The number of likely N-dealkylation sites (N-methyl/N-ethyl adjacent to an activating group) is 1. The van der Waals surface area contributed by atoms with Gasteiger partial charge in [0.15, 0.2) is 0 Å². The van der Waals surface area contributed by atoms with Crippen molar-refractivity contribution in [2.75, 3.05) is 11.9 Å². The number of anilines is 1. The van der Waals surface area contributed by atoms with Crippen molar-refractivity contribution in [3.63, 3.8) is 0 Å². The second kappa shape index (κ2) is 6.13. The van der Waals surface area contributed by atoms with E-state index in [1.165, 1.54) is 24.9 Å². The van der Waals surface area contributed by atoms with E-state index in [1.54, 1.807) is 24.3 Å². The Morgan fingerprint density at radius 3 is 2.33 bits per heavy atom. The van der Waals surface area contributed by atoms with Crippen LogP contribution in [0.15, 0.2) is 42.5 Å². The predicted octanol–water partition coefficient (Wildman–Crippen LogP) is 3.69. The Labute approximate surface area is 153 Å². The van der Waals surface area contributed by atoms with Gasteiger partial charge >= 0.3 is 12.2 Å². The molecule has 0 spiro atoms. The summed E-state index contributed by atoms with van der Waals surface area (Å²) in [6, 6.07) is 12.7. The van der Waals surface area contributed by atoms with Crippen molar-refractivity contribution in [3.8, 4) is 6.07 Å². The van der Waals surface area contributed by atoms with Crippen LogP contribution in [0.2, 0.25) is 0 Å². The van der Waals surface area contributed by atoms with E-state index in [9.17, 15) is 22.8 Å². The van der Waals surface area contributed by atoms with Gasteiger partial charge in [0.1, 0.15) is 5.54 Å². The molecule has 3 amide bonds. The number of hydrogen-bond donors (Lipinski definition) is 0. The minimum atomic E-state index is -4.79. The Morgan fingerprint density at radius 2 is 1.78 bits per heavy atom. The SMILES string of the molecule is CN1C(=O)N(c2ccc(C#N)c(C(F)(F)F)c2)C(=O)C1(C)c1cc[c]cc1. The minimum Gasteiger partial charge on any atom is -0.308 e. The third-order valence-electron chi connectivity index (χ3n) is 4.74. The van der Waals surface area contributed by atoms with Crippen molar-refractivity contribution in [2.24, 2.45) is 0 Å². The first-order valence-electron chi connectivity index (χ1n) is 7.82. The molecule has 1 heterocycles. The maximum atomic E-state index is 13.2. The zero-order valence-corrected chi connectivity index (χ0v) is 14.3. The Kier molecular flexibility index (Phi) is 4.19. The van der Waals surface area contributed by atoms with E-state index in [0.717, 1.165) is 12.1 Å². The quantitative estimate of drug-likeness (QED) is 0.756. The van der Waals surface area contributed by atoms with Crippen molar-refractivity contribution < 1.29 is 22.8 Å². The molecule has 0 bridgehead atoms. The topological polar surface area (TPSA) is 64.4 Å². The van der Waals surface area contributed by atoms with Crippen LogP contribution in [-0.2, 0) is 16.5 Å². The average molecular weight is 372 g/mol. The Hall–Kier alpha value is -3.34. The van der Waals surface area contributed by atoms with E-state index in [0.29, 0.717) is 16.5 Å². The lowest BCUT2D eigenvalue weighted by molar-refractivity contribution is -0.137. The van der Waals surface area contributed by atoms with Gasteiger partial charge < -0.3 is 4.90 Å². The normalized spacial score (nSPS) is 20.1. The van der Waals surface area contributed by atoms with Crippen LogP contribution < -0.4 is 4.90 Å². The fourth-order valence-corrected chi connectivity index (χ4v) is 3.05. The van der Waals surface area contributed by atoms with Gasteiger partial charge in [0.05, 0.1) is 22.9 Å². The molecule has 3 rings (SSSR count). The van der Waals surface area contributed by atoms with E-state index < -0.39 is 34.8 Å². The summed E-state index contributed by atoms with van der Waals surface area (Å²) in [6.07, 6.45) is -4.79. The first kappa shape index (κ1) is 18.5. The summed E-state index contributed by atoms with van der Waals surface area (Å²) >= 11 is 0. The molecule has 137 valence electrons. The van der Waals surface area contributed by atoms with E-state index in [4.69, 9.17) is 5.26 Å². The molecule has 1 radical (unpaired) electrons. The predicted molar refractivity (Wildman–Crippen MR) is 89.4 cm³/mol. The maximum absolute atomic E-state index is 13.2. The van der Waals surface area contributed by atoms with Gasteiger partial charge in [-0.1, -0.05) is 24.3 Å². The smallest absolute Gasteiger partial charge is 0.308 e. The molecule has 8 heteroatoms. The highest BCUT2D eigenvalue weighted by Crippen LogP contribution is 2.40. The molecule has 0 N–H and O–H groups in total. The lowest BCUT2D eigenvalue weighted by Crippen LogP contribution is -2.42. The maximum Gasteiger partial charge on any atom is 0.417 e. The highest BCUT2D eigenvalue weighted by atomic mass is 19.4. The molecular formula is C19H13F3N3O2. The number of amides is 3. The van der Waals surface area contributed by atoms with Crippen molar-refractivity contribution in [1.82, 2.24) is 4.90 Å². The van der Waals surface area contributed by atoms with Gasteiger partial charge in [-0.2, -0.15) is 18.4 Å². The van der Waals surface area contributed by atoms with Gasteiger partial charge in [0, 0.05) is 7.05 Å². The van der Waals surface area contributed by atoms with Gasteiger partial charge in [-0.25, -0.2) is 9.69 Å². The molecule has 1 atom stereocenters. The van der Waals surface area contributed by atoms with Crippen molar-refractivity contribution in [2.45, 2.75) is 18.6 Å². The zero-order valence-electron chi connectivity index (χ0n) is 14.3. The summed E-state index contributed by atoms with van der Waals surface area (Å²) in [6.45, 7) is 1.52. The van der Waals surface area contributed by atoms with Crippen LogP contribution >= 0.6 is 0 Å². The molecule has 2 aromatic rings. The number of nitriles is 1. The van der Waals surface area contributed by atoms with Crippen LogP contribution in [0.4, 0.5) is 23.7 Å². The fraction of sp³-hybridized carbons (Fsp3) is 0.211. The summed E-state index contributed by atoms with van der Waals surface area (Å²) in [7, 11) is 1.41. The van der Waals surface area contributed by atoms with Gasteiger partial charge in [-0.15, -0.1) is 0 Å². The zero-order chi connectivity index (χ0) is 20.0. The second-order valence-corrected chi connectivity index (χ2v) is 6.18. The molecule has 27 heavy (non-hydrogen) atoms.